The molecule has 0 aromatic heterocycles. The van der Waals surface area contributed by atoms with Crippen molar-refractivity contribution in [3.63, 3.8) is 0 Å². The van der Waals surface area contributed by atoms with Crippen LogP contribution in [0.1, 0.15) is 6.92 Å². The van der Waals surface area contributed by atoms with E-state index in [0.717, 1.165) is 0 Å². The van der Waals surface area contributed by atoms with Gasteiger partial charge in [0.15, 0.2) is 0 Å². The van der Waals surface area contributed by atoms with Gasteiger partial charge < -0.3 is 10.8 Å². The maximum absolute atomic E-state index is 8.68. The van der Waals surface area contributed by atoms with Crippen LogP contribution in [0.2, 0.25) is 0 Å². The van der Waals surface area contributed by atoms with Gasteiger partial charge in [0.25, 0.3) is 0 Å². The minimum Gasteiger partial charge on any atom is -0.390 e. The molecule has 0 saturated heterocycles. The van der Waals surface area contributed by atoms with Crippen LogP contribution < -0.4 is 5.73 Å². The van der Waals surface area contributed by atoms with Gasteiger partial charge in [-0.15, -0.1) is 24.0 Å². The Morgan fingerprint density at radius 1 is 1.75 bits per heavy atom. The first-order valence-corrected chi connectivity index (χ1v) is 2.71. The zero-order valence-electron chi connectivity index (χ0n) is 4.67. The van der Waals surface area contributed by atoms with Gasteiger partial charge in [-0.05, 0) is 6.92 Å². The lowest BCUT2D eigenvalue weighted by atomic mass is 10.2. The molecule has 0 aliphatic rings. The molecule has 0 aromatic rings. The van der Waals surface area contributed by atoms with Crippen LogP contribution in [0.15, 0.2) is 0 Å². The molecule has 0 heterocycles. The first-order valence-electron chi connectivity index (χ1n) is 2.18. The summed E-state index contributed by atoms with van der Waals surface area (Å²) in [6.45, 7) is 1.72. The topological polar surface area (TPSA) is 46.2 Å². The highest BCUT2D eigenvalue weighted by Gasteiger charge is 2.05. The van der Waals surface area contributed by atoms with Gasteiger partial charge >= 0.3 is 0 Å². The Hall–Kier alpha value is 0.500. The molecule has 0 bridgehead atoms. The molecule has 0 amide bonds. The minimum absolute atomic E-state index is 0. The van der Waals surface area contributed by atoms with Crippen molar-refractivity contribution in [2.45, 2.75) is 19.1 Å². The molecule has 1 unspecified atom stereocenters. The Bertz CT molecular complexity index is 51.3. The van der Waals surface area contributed by atoms with Gasteiger partial charge in [0.05, 0.1) is 6.10 Å². The molecule has 0 rings (SSSR count). The van der Waals surface area contributed by atoms with Crippen molar-refractivity contribution in [3.8, 4) is 0 Å². The molecule has 0 aromatic carbocycles. The van der Waals surface area contributed by atoms with E-state index in [1.807, 2.05) is 0 Å². The summed E-state index contributed by atoms with van der Waals surface area (Å²) in [7, 11) is 0. The molecule has 4 heteroatoms. The maximum atomic E-state index is 8.68. The SMILES string of the molecule is C[C@H](N)C(O)CCl.Cl. The van der Waals surface area contributed by atoms with E-state index in [1.165, 1.54) is 0 Å². The number of halogens is 2. The van der Waals surface area contributed by atoms with E-state index in [0.29, 0.717) is 0 Å². The van der Waals surface area contributed by atoms with Crippen molar-refractivity contribution < 1.29 is 5.11 Å². The Kier molecular flexibility index (Phi) is 7.97. The van der Waals surface area contributed by atoms with Gasteiger partial charge in [0, 0.05) is 11.9 Å². The highest BCUT2D eigenvalue weighted by molar-refractivity contribution is 6.18. The first kappa shape index (κ1) is 11.3. The lowest BCUT2D eigenvalue weighted by molar-refractivity contribution is 0.174. The average molecular weight is 160 g/mol. The summed E-state index contributed by atoms with van der Waals surface area (Å²) in [6, 6.07) is -0.211. The van der Waals surface area contributed by atoms with Crippen molar-refractivity contribution in [2.24, 2.45) is 5.73 Å². The second kappa shape index (κ2) is 5.63. The quantitative estimate of drug-likeness (QED) is 0.572. The molecule has 0 aliphatic heterocycles. The number of aliphatic hydroxyl groups excluding tert-OH is 1. The van der Waals surface area contributed by atoms with Crippen molar-refractivity contribution in [1.29, 1.82) is 0 Å². The molecule has 2 nitrogen and oxygen atoms in total. The lowest BCUT2D eigenvalue weighted by Gasteiger charge is -2.08. The smallest absolute Gasteiger partial charge is 0.0823 e. The Labute approximate surface area is 60.4 Å². The molecule has 0 saturated carbocycles. The third-order valence-electron chi connectivity index (χ3n) is 0.765. The largest absolute Gasteiger partial charge is 0.390 e. The summed E-state index contributed by atoms with van der Waals surface area (Å²) in [4.78, 5) is 0. The van der Waals surface area contributed by atoms with Crippen LogP contribution in [0.3, 0.4) is 0 Å². The number of alkyl halides is 1. The summed E-state index contributed by atoms with van der Waals surface area (Å²) >= 11 is 5.22. The van der Waals surface area contributed by atoms with Crippen LogP contribution in [-0.4, -0.2) is 23.1 Å². The average Bonchev–Trinajstić information content (AvgIpc) is 1.65. The summed E-state index contributed by atoms with van der Waals surface area (Å²) in [5, 5.41) is 8.68. The van der Waals surface area contributed by atoms with E-state index in [4.69, 9.17) is 22.4 Å². The molecular formula is C4H11Cl2NO. The van der Waals surface area contributed by atoms with Crippen molar-refractivity contribution >= 4 is 24.0 Å². The summed E-state index contributed by atoms with van der Waals surface area (Å²) in [5.41, 5.74) is 5.21. The van der Waals surface area contributed by atoms with E-state index >= 15 is 0 Å². The fourth-order valence-electron chi connectivity index (χ4n) is 0.141. The van der Waals surface area contributed by atoms with E-state index < -0.39 is 6.10 Å². The molecule has 0 spiro atoms. The second-order valence-corrected chi connectivity index (χ2v) is 1.89. The molecule has 2 atom stereocenters. The zero-order valence-corrected chi connectivity index (χ0v) is 6.25. The third kappa shape index (κ3) is 4.65. The van der Waals surface area contributed by atoms with Gasteiger partial charge in [-0.1, -0.05) is 0 Å². The number of hydrogen-bond donors (Lipinski definition) is 2. The first-order chi connectivity index (χ1) is 3.18. The van der Waals surface area contributed by atoms with Crippen molar-refractivity contribution in [1.82, 2.24) is 0 Å². The van der Waals surface area contributed by atoms with Gasteiger partial charge in [-0.25, -0.2) is 0 Å². The molecule has 0 radical (unpaired) electrons. The highest BCUT2D eigenvalue weighted by Crippen LogP contribution is 1.89. The van der Waals surface area contributed by atoms with E-state index in [1.54, 1.807) is 6.92 Å². The molecule has 8 heavy (non-hydrogen) atoms. The standard InChI is InChI=1S/C4H10ClNO.ClH/c1-3(6)4(7)2-5;/h3-4,7H,2,6H2,1H3;1H/t3-,4?;/m0./s1. The van der Waals surface area contributed by atoms with E-state index in [-0.39, 0.29) is 24.3 Å². The zero-order chi connectivity index (χ0) is 5.86. The predicted molar refractivity (Wildman–Crippen MR) is 37.6 cm³/mol. The Morgan fingerprint density at radius 2 is 2.12 bits per heavy atom. The number of aliphatic hydroxyl groups is 1. The number of nitrogens with two attached hydrogens (primary N) is 1. The van der Waals surface area contributed by atoms with Crippen LogP contribution >= 0.6 is 24.0 Å². The number of hydrogen-bond acceptors (Lipinski definition) is 2. The maximum Gasteiger partial charge on any atom is 0.0823 e. The van der Waals surface area contributed by atoms with Crippen LogP contribution in [0.5, 0.6) is 0 Å². The van der Waals surface area contributed by atoms with Crippen LogP contribution in [0, 0.1) is 0 Å². The predicted octanol–water partition coefficient (Wildman–Crippen LogP) is 0.355. The Morgan fingerprint density at radius 3 is 2.12 bits per heavy atom. The third-order valence-corrected chi connectivity index (χ3v) is 1.08. The summed E-state index contributed by atoms with van der Waals surface area (Å²) < 4.78 is 0. The van der Waals surface area contributed by atoms with Crippen molar-refractivity contribution in [3.05, 3.63) is 0 Å². The highest BCUT2D eigenvalue weighted by atomic mass is 35.5. The molecule has 0 fully saturated rings. The van der Waals surface area contributed by atoms with Crippen LogP contribution in [0.4, 0.5) is 0 Å². The van der Waals surface area contributed by atoms with Gasteiger partial charge in [0.2, 0.25) is 0 Å². The van der Waals surface area contributed by atoms with Gasteiger partial charge in [-0.3, -0.25) is 0 Å². The lowest BCUT2D eigenvalue weighted by Crippen LogP contribution is -2.32. The minimum atomic E-state index is -0.554. The number of rotatable bonds is 2. The molecule has 3 N–H and O–H groups in total. The van der Waals surface area contributed by atoms with Gasteiger partial charge in [-0.2, -0.15) is 0 Å². The molecule has 52 valence electrons. The van der Waals surface area contributed by atoms with Crippen LogP contribution in [0.25, 0.3) is 0 Å². The summed E-state index contributed by atoms with van der Waals surface area (Å²) in [6.07, 6.45) is -0.554. The molecular weight excluding hydrogens is 149 g/mol. The fourth-order valence-corrected chi connectivity index (χ4v) is 0.422. The normalized spacial score (nSPS) is 16.5. The fraction of sp³-hybridized carbons (Fsp3) is 1.00. The van der Waals surface area contributed by atoms with E-state index in [2.05, 4.69) is 0 Å². The van der Waals surface area contributed by atoms with Crippen molar-refractivity contribution in [2.75, 3.05) is 5.88 Å². The van der Waals surface area contributed by atoms with E-state index in [9.17, 15) is 0 Å². The van der Waals surface area contributed by atoms with Gasteiger partial charge in [0.1, 0.15) is 0 Å². The second-order valence-electron chi connectivity index (χ2n) is 1.58. The monoisotopic (exact) mass is 159 g/mol. The van der Waals surface area contributed by atoms with Crippen LogP contribution in [-0.2, 0) is 0 Å². The Balaban J connectivity index is 0. The molecule has 0 aliphatic carbocycles. The summed E-state index contributed by atoms with van der Waals surface area (Å²) in [5.74, 6) is 0.220.